The van der Waals surface area contributed by atoms with Crippen molar-refractivity contribution in [1.29, 1.82) is 0 Å². The Balaban J connectivity index is 4.21. The first-order valence-electron chi connectivity index (χ1n) is 5.44. The molecule has 0 aliphatic carbocycles. The Hall–Kier alpha value is -1.54. The van der Waals surface area contributed by atoms with E-state index in [4.69, 9.17) is 0 Å². The summed E-state index contributed by atoms with van der Waals surface area (Å²) in [6, 6.07) is 0. The monoisotopic (exact) mass is 262 g/mol. The van der Waals surface area contributed by atoms with Gasteiger partial charge in [-0.3, -0.25) is 20.2 Å². The maximum atomic E-state index is 10.3. The number of nitrogens with zero attached hydrogens (tertiary/aromatic N) is 2. The summed E-state index contributed by atoms with van der Waals surface area (Å²) in [5.74, 6) is 0. The Bertz CT molecular complexity index is 339. The predicted molar refractivity (Wildman–Crippen MR) is 63.3 cm³/mol. The quantitative estimate of drug-likeness (QED) is 0.370. The number of hydrogen-bond acceptors (Lipinski definition) is 6. The van der Waals surface area contributed by atoms with Gasteiger partial charge in [0.15, 0.2) is 0 Å². The molecule has 0 bridgehead atoms. The number of rotatable bonds is 8. The van der Waals surface area contributed by atoms with Gasteiger partial charge in [0.05, 0.1) is 6.10 Å². The highest BCUT2D eigenvalue weighted by molar-refractivity contribution is 5.02. The molecule has 2 atom stereocenters. The van der Waals surface area contributed by atoms with E-state index in [0.29, 0.717) is 5.57 Å². The molecule has 0 saturated heterocycles. The van der Waals surface area contributed by atoms with Gasteiger partial charge in [-0.15, -0.1) is 0 Å². The second-order valence-electron chi connectivity index (χ2n) is 4.60. The predicted octanol–water partition coefficient (Wildman–Crippen LogP) is 0.378. The lowest BCUT2D eigenvalue weighted by Gasteiger charge is -2.19. The lowest BCUT2D eigenvalue weighted by molar-refractivity contribution is -0.500. The van der Waals surface area contributed by atoms with E-state index >= 15 is 0 Å². The molecule has 0 aliphatic rings. The van der Waals surface area contributed by atoms with Crippen LogP contribution in [0.2, 0.25) is 0 Å². The van der Waals surface area contributed by atoms with Crippen LogP contribution >= 0.6 is 0 Å². The summed E-state index contributed by atoms with van der Waals surface area (Å²) in [5, 5.41) is 39.6. The molecule has 18 heavy (non-hydrogen) atoms. The van der Waals surface area contributed by atoms with Crippen LogP contribution in [0.25, 0.3) is 0 Å². The van der Waals surface area contributed by atoms with Crippen LogP contribution in [0.3, 0.4) is 0 Å². The summed E-state index contributed by atoms with van der Waals surface area (Å²) in [6.45, 7) is 1.87. The standard InChI is InChI=1S/C10H18N2O6/c1-8(6-11(15)16)5-9(13)3-4-10(2,14)7-12(17)18/h5,9,13-14H,3-4,6-7H2,1-2H3. The minimum atomic E-state index is -1.49. The molecule has 2 N–H and O–H groups in total. The van der Waals surface area contributed by atoms with Crippen LogP contribution in [-0.4, -0.2) is 44.9 Å². The fraction of sp³-hybridized carbons (Fsp3) is 0.800. The number of aliphatic hydroxyl groups excluding tert-OH is 1. The van der Waals surface area contributed by atoms with Gasteiger partial charge in [-0.2, -0.15) is 0 Å². The number of hydrogen-bond donors (Lipinski definition) is 2. The van der Waals surface area contributed by atoms with Crippen LogP contribution in [0.4, 0.5) is 0 Å². The van der Waals surface area contributed by atoms with Crippen molar-refractivity contribution in [3.63, 3.8) is 0 Å². The molecule has 0 spiro atoms. The Morgan fingerprint density at radius 3 is 2.39 bits per heavy atom. The minimum Gasteiger partial charge on any atom is -0.389 e. The molecule has 0 aliphatic heterocycles. The molecular formula is C10H18N2O6. The van der Waals surface area contributed by atoms with E-state index in [1.807, 2.05) is 0 Å². The van der Waals surface area contributed by atoms with Gasteiger partial charge in [0.25, 0.3) is 0 Å². The third-order valence-electron chi connectivity index (χ3n) is 2.30. The van der Waals surface area contributed by atoms with Gasteiger partial charge in [0, 0.05) is 9.85 Å². The van der Waals surface area contributed by atoms with Crippen LogP contribution in [0.15, 0.2) is 11.6 Å². The average molecular weight is 262 g/mol. The van der Waals surface area contributed by atoms with E-state index in [-0.39, 0.29) is 19.4 Å². The van der Waals surface area contributed by atoms with Crippen molar-refractivity contribution in [2.24, 2.45) is 0 Å². The smallest absolute Gasteiger partial charge is 0.231 e. The lowest BCUT2D eigenvalue weighted by atomic mass is 9.97. The summed E-state index contributed by atoms with van der Waals surface area (Å²) in [6.07, 6.45) is 0.515. The maximum Gasteiger partial charge on any atom is 0.231 e. The second-order valence-corrected chi connectivity index (χ2v) is 4.60. The minimum absolute atomic E-state index is 0.0391. The van der Waals surface area contributed by atoms with Gasteiger partial charge in [-0.25, -0.2) is 0 Å². The van der Waals surface area contributed by atoms with Crippen molar-refractivity contribution in [3.05, 3.63) is 31.9 Å². The maximum absolute atomic E-state index is 10.3. The molecule has 0 aromatic rings. The molecular weight excluding hydrogens is 244 g/mol. The average Bonchev–Trinajstić information content (AvgIpc) is 2.11. The lowest BCUT2D eigenvalue weighted by Crippen LogP contribution is -2.34. The van der Waals surface area contributed by atoms with Crippen molar-refractivity contribution in [2.75, 3.05) is 13.1 Å². The van der Waals surface area contributed by atoms with Crippen LogP contribution in [-0.2, 0) is 0 Å². The van der Waals surface area contributed by atoms with E-state index in [0.717, 1.165) is 0 Å². The zero-order valence-electron chi connectivity index (χ0n) is 10.4. The largest absolute Gasteiger partial charge is 0.389 e. The summed E-state index contributed by atoms with van der Waals surface area (Å²) in [7, 11) is 0. The molecule has 0 saturated carbocycles. The highest BCUT2D eigenvalue weighted by atomic mass is 16.6. The Labute approximate surface area is 104 Å². The molecule has 0 fully saturated rings. The summed E-state index contributed by atoms with van der Waals surface area (Å²) >= 11 is 0. The van der Waals surface area contributed by atoms with Crippen molar-refractivity contribution < 1.29 is 20.1 Å². The molecule has 8 nitrogen and oxygen atoms in total. The normalized spacial score (nSPS) is 17.0. The van der Waals surface area contributed by atoms with Crippen LogP contribution in [0.1, 0.15) is 26.7 Å². The first-order valence-corrected chi connectivity index (χ1v) is 5.44. The first kappa shape index (κ1) is 16.5. The number of aliphatic hydroxyl groups is 2. The molecule has 104 valence electrons. The first-order chi connectivity index (χ1) is 8.12. The van der Waals surface area contributed by atoms with Crippen molar-refractivity contribution in [3.8, 4) is 0 Å². The topological polar surface area (TPSA) is 127 Å². The zero-order chi connectivity index (χ0) is 14.3. The Morgan fingerprint density at radius 2 is 1.94 bits per heavy atom. The van der Waals surface area contributed by atoms with Crippen LogP contribution < -0.4 is 0 Å². The fourth-order valence-corrected chi connectivity index (χ4v) is 1.48. The van der Waals surface area contributed by atoms with Crippen molar-refractivity contribution in [1.82, 2.24) is 0 Å². The van der Waals surface area contributed by atoms with E-state index in [1.54, 1.807) is 0 Å². The van der Waals surface area contributed by atoms with E-state index < -0.39 is 28.1 Å². The van der Waals surface area contributed by atoms with E-state index in [1.165, 1.54) is 19.9 Å². The highest BCUT2D eigenvalue weighted by Crippen LogP contribution is 2.15. The van der Waals surface area contributed by atoms with Crippen LogP contribution in [0.5, 0.6) is 0 Å². The number of nitro groups is 2. The molecule has 0 rings (SSSR count). The zero-order valence-corrected chi connectivity index (χ0v) is 10.4. The molecule has 2 unspecified atom stereocenters. The van der Waals surface area contributed by atoms with Gasteiger partial charge in [-0.1, -0.05) is 6.08 Å². The third-order valence-corrected chi connectivity index (χ3v) is 2.30. The van der Waals surface area contributed by atoms with Gasteiger partial charge in [0.2, 0.25) is 13.1 Å². The van der Waals surface area contributed by atoms with Crippen molar-refractivity contribution in [2.45, 2.75) is 38.4 Å². The van der Waals surface area contributed by atoms with Gasteiger partial charge in [0.1, 0.15) is 5.60 Å². The fourth-order valence-electron chi connectivity index (χ4n) is 1.48. The molecule has 0 radical (unpaired) electrons. The summed E-state index contributed by atoms with van der Waals surface area (Å²) in [4.78, 5) is 19.3. The van der Waals surface area contributed by atoms with Gasteiger partial charge in [-0.05, 0) is 32.3 Å². The molecule has 0 heterocycles. The van der Waals surface area contributed by atoms with Crippen LogP contribution in [0, 0.1) is 20.2 Å². The molecule has 0 aromatic carbocycles. The van der Waals surface area contributed by atoms with E-state index in [2.05, 4.69) is 0 Å². The SMILES string of the molecule is CC(=CC(O)CCC(C)(O)C[N+](=O)[O-])C[N+](=O)[O-]. The van der Waals surface area contributed by atoms with Crippen molar-refractivity contribution >= 4 is 0 Å². The Morgan fingerprint density at radius 1 is 1.39 bits per heavy atom. The third kappa shape index (κ3) is 8.59. The molecule has 8 heteroatoms. The van der Waals surface area contributed by atoms with Gasteiger partial charge >= 0.3 is 0 Å². The summed E-state index contributed by atoms with van der Waals surface area (Å²) < 4.78 is 0. The molecule has 0 aromatic heterocycles. The Kier molecular flexibility index (Phi) is 6.42. The highest BCUT2D eigenvalue weighted by Gasteiger charge is 2.27. The second kappa shape index (κ2) is 7.02. The van der Waals surface area contributed by atoms with E-state index in [9.17, 15) is 30.4 Å². The summed E-state index contributed by atoms with van der Waals surface area (Å²) in [5.41, 5.74) is -1.09. The van der Waals surface area contributed by atoms with Gasteiger partial charge < -0.3 is 10.2 Å². The molecule has 0 amide bonds.